The lowest BCUT2D eigenvalue weighted by atomic mass is 9.84. The quantitative estimate of drug-likeness (QED) is 0.447. The zero-order valence-electron chi connectivity index (χ0n) is 17.3. The molecule has 0 radical (unpaired) electrons. The highest BCUT2D eigenvalue weighted by Gasteiger charge is 2.14. The van der Waals surface area contributed by atoms with Crippen molar-refractivity contribution in [2.24, 2.45) is 5.41 Å². The smallest absolute Gasteiger partial charge is 0.0216 e. The predicted octanol–water partition coefficient (Wildman–Crippen LogP) is 7.94. The van der Waals surface area contributed by atoms with Crippen LogP contribution in [0.15, 0.2) is 18.2 Å². The van der Waals surface area contributed by atoms with E-state index in [2.05, 4.69) is 73.6 Å². The van der Waals surface area contributed by atoms with Gasteiger partial charge in [0.05, 0.1) is 0 Å². The van der Waals surface area contributed by atoms with Crippen LogP contribution in [-0.4, -0.2) is 0 Å². The SMILES string of the molecule is CCC.CCCCCc1c(CCC(C)(C)C)cccc1C(C)C. The lowest BCUT2D eigenvalue weighted by Crippen LogP contribution is -2.09. The summed E-state index contributed by atoms with van der Waals surface area (Å²) >= 11 is 0. The summed E-state index contributed by atoms with van der Waals surface area (Å²) < 4.78 is 0. The van der Waals surface area contributed by atoms with Gasteiger partial charge in [0.2, 0.25) is 0 Å². The van der Waals surface area contributed by atoms with Crippen molar-refractivity contribution in [3.63, 3.8) is 0 Å². The third-order valence-corrected chi connectivity index (χ3v) is 4.11. The van der Waals surface area contributed by atoms with Gasteiger partial charge < -0.3 is 0 Å². The van der Waals surface area contributed by atoms with Crippen molar-refractivity contribution < 1.29 is 0 Å². The van der Waals surface area contributed by atoms with Gasteiger partial charge in [-0.2, -0.15) is 0 Å². The molecule has 0 heteroatoms. The second-order valence-electron chi connectivity index (χ2n) is 8.36. The Labute approximate surface area is 147 Å². The first-order valence-corrected chi connectivity index (χ1v) is 9.87. The average molecular weight is 319 g/mol. The molecule has 0 aliphatic carbocycles. The molecular formula is C23H42. The predicted molar refractivity (Wildman–Crippen MR) is 108 cm³/mol. The molecule has 0 spiro atoms. The molecule has 0 nitrogen and oxygen atoms in total. The van der Waals surface area contributed by atoms with Crippen molar-refractivity contribution in [1.29, 1.82) is 0 Å². The molecule has 0 atom stereocenters. The third-order valence-electron chi connectivity index (χ3n) is 4.11. The Hall–Kier alpha value is -0.780. The molecule has 23 heavy (non-hydrogen) atoms. The largest absolute Gasteiger partial charge is 0.0656 e. The van der Waals surface area contributed by atoms with E-state index in [9.17, 15) is 0 Å². The molecule has 0 heterocycles. The minimum atomic E-state index is 0.425. The first-order valence-electron chi connectivity index (χ1n) is 9.87. The third kappa shape index (κ3) is 9.84. The molecule has 0 aromatic heterocycles. The second-order valence-corrected chi connectivity index (χ2v) is 8.36. The van der Waals surface area contributed by atoms with Gasteiger partial charge in [0, 0.05) is 0 Å². The standard InChI is InChI=1S/C20H34.C3H8/c1-7-8-9-12-19-17(14-15-20(4,5)6)11-10-13-18(19)16(2)3;1-3-2/h10-11,13,16H,7-9,12,14-15H2,1-6H3;3H2,1-2H3. The summed E-state index contributed by atoms with van der Waals surface area (Å²) in [4.78, 5) is 0. The van der Waals surface area contributed by atoms with E-state index in [4.69, 9.17) is 0 Å². The van der Waals surface area contributed by atoms with Crippen LogP contribution in [0.5, 0.6) is 0 Å². The molecule has 134 valence electrons. The minimum Gasteiger partial charge on any atom is -0.0656 e. The molecule has 0 saturated carbocycles. The van der Waals surface area contributed by atoms with Crippen LogP contribution >= 0.6 is 0 Å². The van der Waals surface area contributed by atoms with Gasteiger partial charge in [0.15, 0.2) is 0 Å². The highest BCUT2D eigenvalue weighted by Crippen LogP contribution is 2.28. The van der Waals surface area contributed by atoms with E-state index >= 15 is 0 Å². The minimum absolute atomic E-state index is 0.425. The van der Waals surface area contributed by atoms with E-state index in [0.717, 1.165) is 0 Å². The summed E-state index contributed by atoms with van der Waals surface area (Å²) in [6.07, 6.45) is 9.01. The van der Waals surface area contributed by atoms with Crippen LogP contribution in [0.3, 0.4) is 0 Å². The summed E-state index contributed by atoms with van der Waals surface area (Å²) in [6, 6.07) is 6.96. The van der Waals surface area contributed by atoms with E-state index in [1.54, 1.807) is 16.7 Å². The summed E-state index contributed by atoms with van der Waals surface area (Å²) in [5.41, 5.74) is 5.25. The Morgan fingerprint density at radius 2 is 1.52 bits per heavy atom. The monoisotopic (exact) mass is 318 g/mol. The van der Waals surface area contributed by atoms with Crippen LogP contribution in [0.25, 0.3) is 0 Å². The number of hydrogen-bond acceptors (Lipinski definition) is 0. The maximum absolute atomic E-state index is 2.36. The van der Waals surface area contributed by atoms with Crippen LogP contribution < -0.4 is 0 Å². The Kier molecular flexibility index (Phi) is 11.3. The van der Waals surface area contributed by atoms with Crippen LogP contribution in [0.1, 0.15) is 110 Å². The number of rotatable bonds is 7. The molecule has 1 rings (SSSR count). The fourth-order valence-corrected chi connectivity index (χ4v) is 2.80. The number of hydrogen-bond donors (Lipinski definition) is 0. The Morgan fingerprint density at radius 1 is 0.913 bits per heavy atom. The van der Waals surface area contributed by atoms with Crippen molar-refractivity contribution in [1.82, 2.24) is 0 Å². The average Bonchev–Trinajstić information content (AvgIpc) is 2.45. The van der Waals surface area contributed by atoms with E-state index < -0.39 is 0 Å². The molecule has 1 aromatic rings. The molecule has 0 bridgehead atoms. The van der Waals surface area contributed by atoms with E-state index in [1.807, 2.05) is 0 Å². The fraction of sp³-hybridized carbons (Fsp3) is 0.739. The van der Waals surface area contributed by atoms with Gasteiger partial charge in [-0.05, 0) is 53.7 Å². The Balaban J connectivity index is 0.00000149. The lowest BCUT2D eigenvalue weighted by molar-refractivity contribution is 0.377. The number of benzene rings is 1. The summed E-state index contributed by atoms with van der Waals surface area (Å²) in [5, 5.41) is 0. The van der Waals surface area contributed by atoms with Gasteiger partial charge in [-0.3, -0.25) is 0 Å². The summed E-state index contributed by atoms with van der Waals surface area (Å²) in [5.74, 6) is 0.640. The van der Waals surface area contributed by atoms with Crippen molar-refractivity contribution >= 4 is 0 Å². The lowest BCUT2D eigenvalue weighted by Gasteiger charge is -2.21. The zero-order valence-corrected chi connectivity index (χ0v) is 17.3. The van der Waals surface area contributed by atoms with Crippen molar-refractivity contribution in [2.45, 2.75) is 106 Å². The van der Waals surface area contributed by atoms with Gasteiger partial charge in [0.25, 0.3) is 0 Å². The van der Waals surface area contributed by atoms with Gasteiger partial charge in [0.1, 0.15) is 0 Å². The highest BCUT2D eigenvalue weighted by atomic mass is 14.2. The van der Waals surface area contributed by atoms with E-state index in [-0.39, 0.29) is 0 Å². The topological polar surface area (TPSA) is 0 Å². The zero-order chi connectivity index (χ0) is 17.9. The van der Waals surface area contributed by atoms with Gasteiger partial charge >= 0.3 is 0 Å². The van der Waals surface area contributed by atoms with Gasteiger partial charge in [-0.1, -0.05) is 92.9 Å². The van der Waals surface area contributed by atoms with Crippen molar-refractivity contribution in [3.05, 3.63) is 34.9 Å². The first-order chi connectivity index (χ1) is 10.8. The van der Waals surface area contributed by atoms with Crippen LogP contribution in [0, 0.1) is 5.41 Å². The Bertz CT molecular complexity index is 407. The molecular weight excluding hydrogens is 276 g/mol. The van der Waals surface area contributed by atoms with E-state index in [0.29, 0.717) is 11.3 Å². The van der Waals surface area contributed by atoms with Crippen LogP contribution in [0.4, 0.5) is 0 Å². The maximum Gasteiger partial charge on any atom is -0.0216 e. The normalized spacial score (nSPS) is 11.3. The van der Waals surface area contributed by atoms with Crippen LogP contribution in [-0.2, 0) is 12.8 Å². The number of aryl methyl sites for hydroxylation is 1. The van der Waals surface area contributed by atoms with Gasteiger partial charge in [-0.15, -0.1) is 0 Å². The second kappa shape index (κ2) is 11.7. The van der Waals surface area contributed by atoms with Gasteiger partial charge in [-0.25, -0.2) is 0 Å². The summed E-state index contributed by atoms with van der Waals surface area (Å²) in [6.45, 7) is 18.2. The maximum atomic E-state index is 2.36. The number of unbranched alkanes of at least 4 members (excludes halogenated alkanes) is 2. The Morgan fingerprint density at radius 3 is 2.00 bits per heavy atom. The molecule has 0 aliphatic rings. The molecule has 0 aliphatic heterocycles. The van der Waals surface area contributed by atoms with Crippen LogP contribution in [0.2, 0.25) is 0 Å². The molecule has 0 amide bonds. The highest BCUT2D eigenvalue weighted by molar-refractivity contribution is 5.37. The van der Waals surface area contributed by atoms with Crippen molar-refractivity contribution in [2.75, 3.05) is 0 Å². The summed E-state index contributed by atoms with van der Waals surface area (Å²) in [7, 11) is 0. The first kappa shape index (κ1) is 22.2. The molecule has 0 N–H and O–H groups in total. The molecule has 0 unspecified atom stereocenters. The van der Waals surface area contributed by atoms with Crippen molar-refractivity contribution in [3.8, 4) is 0 Å². The molecule has 0 fully saturated rings. The molecule has 1 aromatic carbocycles. The van der Waals surface area contributed by atoms with E-state index in [1.165, 1.54) is 44.9 Å². The fourth-order valence-electron chi connectivity index (χ4n) is 2.80. The molecule has 0 saturated heterocycles.